The van der Waals surface area contributed by atoms with Gasteiger partial charge in [0.15, 0.2) is 0 Å². The highest BCUT2D eigenvalue weighted by molar-refractivity contribution is 5.94. The van der Waals surface area contributed by atoms with Crippen LogP contribution in [0.2, 0.25) is 0 Å². The molecule has 1 aliphatic rings. The number of hydrogen-bond donors (Lipinski definition) is 2. The molecule has 130 valence electrons. The maximum atomic E-state index is 12.4. The zero-order valence-electron chi connectivity index (χ0n) is 14.7. The first-order valence-electron chi connectivity index (χ1n) is 8.04. The van der Waals surface area contributed by atoms with Gasteiger partial charge in [-0.05, 0) is 71.7 Å². The lowest BCUT2D eigenvalue weighted by molar-refractivity contribution is -0.0000193. The van der Waals surface area contributed by atoms with Crippen LogP contribution >= 0.6 is 0 Å². The van der Waals surface area contributed by atoms with Crippen molar-refractivity contribution in [3.63, 3.8) is 0 Å². The van der Waals surface area contributed by atoms with E-state index >= 15 is 0 Å². The van der Waals surface area contributed by atoms with Gasteiger partial charge in [0, 0.05) is 22.7 Å². The predicted molar refractivity (Wildman–Crippen MR) is 89.4 cm³/mol. The molecule has 1 aliphatic heterocycles. The van der Waals surface area contributed by atoms with Crippen LogP contribution in [0.5, 0.6) is 5.75 Å². The maximum Gasteiger partial charge on any atom is 0.251 e. The third-order valence-electron chi connectivity index (χ3n) is 3.95. The van der Waals surface area contributed by atoms with E-state index < -0.39 is 0 Å². The van der Waals surface area contributed by atoms with Crippen LogP contribution in [-0.4, -0.2) is 29.6 Å². The first kappa shape index (κ1) is 19.8. The van der Waals surface area contributed by atoms with Gasteiger partial charge in [0.25, 0.3) is 5.91 Å². The van der Waals surface area contributed by atoms with Crippen molar-refractivity contribution in [2.24, 2.45) is 0 Å². The number of amides is 1. The summed E-state index contributed by atoms with van der Waals surface area (Å²) in [5.74, 6) is 0.782. The highest BCUT2D eigenvalue weighted by atomic mass is 35.5. The Hall–Kier alpha value is -1.26. The molecule has 4 nitrogen and oxygen atoms in total. The molecule has 2 N–H and O–H groups in total. The number of ether oxygens (including phenoxy) is 1. The summed E-state index contributed by atoms with van der Waals surface area (Å²) in [5.41, 5.74) is 0.731. The molecule has 0 aliphatic carbocycles. The number of piperidine rings is 1. The quantitative estimate of drug-likeness (QED) is 0.820. The van der Waals surface area contributed by atoms with Gasteiger partial charge in [0.05, 0.1) is 6.61 Å². The molecule has 1 aromatic rings. The lowest BCUT2D eigenvalue weighted by Gasteiger charge is -2.46. The lowest BCUT2D eigenvalue weighted by Crippen LogP contribution is -3.00. The highest BCUT2D eigenvalue weighted by Crippen LogP contribution is 2.28. The maximum absolute atomic E-state index is 12.4. The van der Waals surface area contributed by atoms with E-state index in [9.17, 15) is 4.79 Å². The Morgan fingerprint density at radius 2 is 1.70 bits per heavy atom. The summed E-state index contributed by atoms with van der Waals surface area (Å²) in [5, 5.41) is 6.81. The second kappa shape index (κ2) is 7.54. The Kier molecular flexibility index (Phi) is 6.49. The average molecular weight is 340 g/mol. The van der Waals surface area contributed by atoms with Crippen LogP contribution in [0.15, 0.2) is 24.3 Å². The van der Waals surface area contributed by atoms with Crippen LogP contribution in [0.1, 0.15) is 57.8 Å². The van der Waals surface area contributed by atoms with Crippen LogP contribution in [0.4, 0.5) is 0 Å². The number of carbonyl (C=O) groups excluding carboxylic acids is 1. The van der Waals surface area contributed by atoms with E-state index in [1.807, 2.05) is 31.2 Å². The number of carbonyl (C=O) groups is 1. The normalized spacial score (nSPS) is 19.5. The molecule has 1 saturated heterocycles. The minimum atomic E-state index is -0.0125. The van der Waals surface area contributed by atoms with Gasteiger partial charge in [0.2, 0.25) is 0 Å². The number of rotatable bonds is 4. The molecule has 0 aromatic heterocycles. The van der Waals surface area contributed by atoms with Gasteiger partial charge in [-0.1, -0.05) is 0 Å². The van der Waals surface area contributed by atoms with Gasteiger partial charge >= 0.3 is 0 Å². The Labute approximate surface area is 145 Å². The van der Waals surface area contributed by atoms with E-state index in [1.54, 1.807) is 0 Å². The Balaban J connectivity index is 0.00000264. The van der Waals surface area contributed by atoms with E-state index in [0.717, 1.165) is 18.6 Å². The predicted octanol–water partition coefficient (Wildman–Crippen LogP) is 0.128. The van der Waals surface area contributed by atoms with Crippen LogP contribution in [0.25, 0.3) is 0 Å². The smallest absolute Gasteiger partial charge is 0.251 e. The standard InChI is InChI=1S/C18H28N2O2.ClH/c1-6-22-15-9-7-13(8-10-15)16(21)19-14-11-17(2,3)20-18(4,5)12-14;/h7-10,14,20H,6,11-12H2,1-5H3,(H,19,21);1H/p-1. The van der Waals surface area contributed by atoms with E-state index in [1.165, 1.54) is 0 Å². The average Bonchev–Trinajstić information content (AvgIpc) is 2.36. The molecular weight excluding hydrogens is 312 g/mol. The summed E-state index contributed by atoms with van der Waals surface area (Å²) in [6, 6.07) is 7.50. The SMILES string of the molecule is CCOc1ccc(C(=O)NC2CC(C)(C)NC(C)(C)C2)cc1.[Cl-]. The van der Waals surface area contributed by atoms with Gasteiger partial charge in [-0.3, -0.25) is 4.79 Å². The van der Waals surface area contributed by atoms with Crippen molar-refractivity contribution in [1.82, 2.24) is 10.6 Å². The molecule has 23 heavy (non-hydrogen) atoms. The number of benzene rings is 1. The van der Waals surface area contributed by atoms with Crippen LogP contribution in [0.3, 0.4) is 0 Å². The summed E-state index contributed by atoms with van der Waals surface area (Å²) in [7, 11) is 0. The molecule has 0 spiro atoms. The topological polar surface area (TPSA) is 50.4 Å². The van der Waals surface area contributed by atoms with Crippen molar-refractivity contribution in [2.75, 3.05) is 6.61 Å². The second-order valence-corrected chi connectivity index (χ2v) is 7.43. The lowest BCUT2D eigenvalue weighted by atomic mass is 9.79. The summed E-state index contributed by atoms with van der Waals surface area (Å²) in [4.78, 5) is 12.4. The summed E-state index contributed by atoms with van der Waals surface area (Å²) < 4.78 is 5.41. The summed E-state index contributed by atoms with van der Waals surface area (Å²) >= 11 is 0. The van der Waals surface area contributed by atoms with Gasteiger partial charge < -0.3 is 27.8 Å². The fourth-order valence-corrected chi connectivity index (χ4v) is 3.56. The minimum absolute atomic E-state index is 0. The van der Waals surface area contributed by atoms with Crippen molar-refractivity contribution in [3.8, 4) is 5.75 Å². The van der Waals surface area contributed by atoms with Crippen LogP contribution < -0.4 is 27.8 Å². The van der Waals surface area contributed by atoms with Gasteiger partial charge in [-0.2, -0.15) is 0 Å². The molecule has 0 atom stereocenters. The van der Waals surface area contributed by atoms with Crippen LogP contribution in [-0.2, 0) is 0 Å². The van der Waals surface area contributed by atoms with E-state index in [0.29, 0.717) is 12.2 Å². The molecule has 5 heteroatoms. The van der Waals surface area contributed by atoms with Gasteiger partial charge in [-0.15, -0.1) is 0 Å². The molecule has 0 radical (unpaired) electrons. The molecule has 0 unspecified atom stereocenters. The molecule has 1 fully saturated rings. The fourth-order valence-electron chi connectivity index (χ4n) is 3.56. The van der Waals surface area contributed by atoms with Crippen molar-refractivity contribution in [1.29, 1.82) is 0 Å². The molecular formula is C18H28ClN2O2-. The third-order valence-corrected chi connectivity index (χ3v) is 3.95. The molecule has 2 rings (SSSR count). The highest BCUT2D eigenvalue weighted by Gasteiger charge is 2.38. The number of nitrogens with one attached hydrogen (secondary N) is 2. The van der Waals surface area contributed by atoms with Crippen molar-refractivity contribution in [3.05, 3.63) is 29.8 Å². The van der Waals surface area contributed by atoms with E-state index in [-0.39, 0.29) is 35.4 Å². The van der Waals surface area contributed by atoms with E-state index in [4.69, 9.17) is 4.74 Å². The zero-order valence-corrected chi connectivity index (χ0v) is 15.5. The zero-order chi connectivity index (χ0) is 16.4. The molecule has 0 saturated carbocycles. The van der Waals surface area contributed by atoms with E-state index in [2.05, 4.69) is 38.3 Å². The second-order valence-electron chi connectivity index (χ2n) is 7.43. The van der Waals surface area contributed by atoms with Crippen molar-refractivity contribution in [2.45, 2.75) is 64.6 Å². The van der Waals surface area contributed by atoms with Gasteiger partial charge in [-0.25, -0.2) is 0 Å². The molecule has 1 amide bonds. The minimum Gasteiger partial charge on any atom is -1.00 e. The Morgan fingerprint density at radius 3 is 2.17 bits per heavy atom. The first-order valence-corrected chi connectivity index (χ1v) is 8.04. The Bertz CT molecular complexity index is 510. The third kappa shape index (κ3) is 5.70. The fraction of sp³-hybridized carbons (Fsp3) is 0.611. The first-order chi connectivity index (χ1) is 10.2. The van der Waals surface area contributed by atoms with Crippen molar-refractivity contribution >= 4 is 5.91 Å². The van der Waals surface area contributed by atoms with Crippen molar-refractivity contribution < 1.29 is 21.9 Å². The Morgan fingerprint density at radius 1 is 1.17 bits per heavy atom. The summed E-state index contributed by atoms with van der Waals surface area (Å²) in [6.45, 7) is 11.3. The largest absolute Gasteiger partial charge is 1.00 e. The number of hydrogen-bond acceptors (Lipinski definition) is 3. The molecule has 1 heterocycles. The molecule has 1 aromatic carbocycles. The van der Waals surface area contributed by atoms with Gasteiger partial charge in [0.1, 0.15) is 5.75 Å². The monoisotopic (exact) mass is 339 g/mol. The summed E-state index contributed by atoms with van der Waals surface area (Å²) in [6.07, 6.45) is 1.86. The van der Waals surface area contributed by atoms with Crippen LogP contribution in [0, 0.1) is 0 Å². The number of halogens is 1. The molecule has 0 bridgehead atoms.